The number of Topliss-reactive ketones (excluding diaryl/α,β-unsaturated/α-hetero) is 2. The molecule has 2 aromatic carbocycles. The van der Waals surface area contributed by atoms with Gasteiger partial charge < -0.3 is 9.47 Å². The molecule has 0 atom stereocenters. The van der Waals surface area contributed by atoms with Gasteiger partial charge in [-0.1, -0.05) is 24.3 Å². The van der Waals surface area contributed by atoms with Crippen LogP contribution in [0.2, 0.25) is 0 Å². The maximum atomic E-state index is 13.5. The number of carbonyl (C=O) groups excluding carboxylic acids is 2. The highest BCUT2D eigenvalue weighted by Crippen LogP contribution is 2.35. The molecule has 0 bridgehead atoms. The fourth-order valence-corrected chi connectivity index (χ4v) is 4.17. The Hall–Kier alpha value is -4.18. The maximum absolute atomic E-state index is 13.5. The van der Waals surface area contributed by atoms with Gasteiger partial charge in [0.05, 0.1) is 30.4 Å². The Morgan fingerprint density at radius 3 is 2.31 bits per heavy atom. The van der Waals surface area contributed by atoms with Gasteiger partial charge in [0.25, 0.3) is 5.78 Å². The van der Waals surface area contributed by atoms with Crippen LogP contribution in [0.15, 0.2) is 77.8 Å². The highest BCUT2D eigenvalue weighted by atomic mass is 32.1. The molecule has 4 aromatic rings. The van der Waals surface area contributed by atoms with E-state index in [9.17, 15) is 22.8 Å². The summed E-state index contributed by atoms with van der Waals surface area (Å²) in [6, 6.07) is 16.7. The number of alkyl halides is 3. The lowest BCUT2D eigenvalue weighted by molar-refractivity contribution is -0.166. The Labute approximate surface area is 208 Å². The average Bonchev–Trinajstić information content (AvgIpc) is 3.57. The van der Waals surface area contributed by atoms with Crippen LogP contribution in [0.4, 0.5) is 13.2 Å². The zero-order valence-electron chi connectivity index (χ0n) is 19.1. The third kappa shape index (κ3) is 5.08. The van der Waals surface area contributed by atoms with E-state index in [1.165, 1.54) is 37.2 Å². The van der Waals surface area contributed by atoms with Crippen molar-refractivity contribution in [2.75, 3.05) is 14.2 Å². The number of nitrogens with zero attached hydrogens (tertiary/aromatic N) is 2. The predicted octanol–water partition coefficient (Wildman–Crippen LogP) is 6.02. The second-order valence-electron chi connectivity index (χ2n) is 7.47. The number of benzene rings is 2. The molecule has 0 aliphatic carbocycles. The number of ketones is 2. The number of halogens is 3. The third-order valence-corrected chi connectivity index (χ3v) is 6.08. The van der Waals surface area contributed by atoms with Gasteiger partial charge in [-0.25, -0.2) is 4.68 Å². The molecule has 2 aromatic heterocycles. The smallest absolute Gasteiger partial charge is 0.455 e. The summed E-state index contributed by atoms with van der Waals surface area (Å²) >= 11 is 0.948. The van der Waals surface area contributed by atoms with E-state index in [2.05, 4.69) is 5.10 Å². The molecule has 0 saturated carbocycles. The largest absolute Gasteiger partial charge is 0.493 e. The van der Waals surface area contributed by atoms with Crippen LogP contribution in [0.1, 0.15) is 15.2 Å². The Kier molecular flexibility index (Phi) is 7.07. The van der Waals surface area contributed by atoms with Crippen molar-refractivity contribution < 1.29 is 32.2 Å². The number of rotatable bonds is 8. The molecule has 2 heterocycles. The number of hydrogen-bond acceptors (Lipinski definition) is 6. The number of methoxy groups -OCH3 is 2. The summed E-state index contributed by atoms with van der Waals surface area (Å²) in [7, 11) is 2.92. The standard InChI is InChI=1S/C26H19F3N2O4S/c1-34-20-11-10-16(14-21(20)35-2)23-17(15-31(30-23)18-7-4-3-5-8-18)13-19(25(33)26(27,28)29)24(32)22-9-6-12-36-22/h3-15H,1-2H3/b19-13-. The quantitative estimate of drug-likeness (QED) is 0.125. The molecule has 0 radical (unpaired) electrons. The van der Waals surface area contributed by atoms with Crippen LogP contribution in [0.25, 0.3) is 23.0 Å². The SMILES string of the molecule is COc1ccc(-c2nn(-c3ccccc3)cc2/C=C(/C(=O)c2cccs2)C(=O)C(F)(F)F)cc1OC. The molecule has 6 nitrogen and oxygen atoms in total. The third-order valence-electron chi connectivity index (χ3n) is 5.21. The first-order valence-electron chi connectivity index (χ1n) is 10.5. The summed E-state index contributed by atoms with van der Waals surface area (Å²) < 4.78 is 52.5. The van der Waals surface area contributed by atoms with E-state index in [0.717, 1.165) is 17.4 Å². The monoisotopic (exact) mass is 512 g/mol. The molecular formula is C26H19F3N2O4S. The zero-order chi connectivity index (χ0) is 25.9. The van der Waals surface area contributed by atoms with Gasteiger partial charge in [-0.2, -0.15) is 18.3 Å². The van der Waals surface area contributed by atoms with E-state index < -0.39 is 23.3 Å². The van der Waals surface area contributed by atoms with Crippen molar-refractivity contribution in [1.82, 2.24) is 9.78 Å². The molecule has 0 N–H and O–H groups in total. The summed E-state index contributed by atoms with van der Waals surface area (Å²) in [6.07, 6.45) is -2.83. The fourth-order valence-electron chi connectivity index (χ4n) is 3.50. The van der Waals surface area contributed by atoms with Gasteiger partial charge in [0.1, 0.15) is 5.69 Å². The molecule has 4 rings (SSSR count). The highest BCUT2D eigenvalue weighted by Gasteiger charge is 2.43. The van der Waals surface area contributed by atoms with Crippen LogP contribution in [0.5, 0.6) is 11.5 Å². The molecule has 0 spiro atoms. The van der Waals surface area contributed by atoms with Gasteiger partial charge in [-0.15, -0.1) is 11.3 Å². The van der Waals surface area contributed by atoms with Crippen molar-refractivity contribution in [3.63, 3.8) is 0 Å². The predicted molar refractivity (Wildman–Crippen MR) is 130 cm³/mol. The first kappa shape index (κ1) is 24.9. The van der Waals surface area contributed by atoms with Crippen molar-refractivity contribution in [1.29, 1.82) is 0 Å². The number of aromatic nitrogens is 2. The first-order valence-corrected chi connectivity index (χ1v) is 11.4. The number of allylic oxidation sites excluding steroid dienone is 1. The number of ether oxygens (including phenoxy) is 2. The number of hydrogen-bond donors (Lipinski definition) is 0. The summed E-state index contributed by atoms with van der Waals surface area (Å²) in [5.74, 6) is -2.42. The molecule has 0 aliphatic heterocycles. The fraction of sp³-hybridized carbons (Fsp3) is 0.115. The van der Waals surface area contributed by atoms with Crippen LogP contribution in [0.3, 0.4) is 0 Å². The van der Waals surface area contributed by atoms with Crippen LogP contribution in [-0.2, 0) is 4.79 Å². The minimum absolute atomic E-state index is 0.0157. The molecule has 0 amide bonds. The van der Waals surface area contributed by atoms with Gasteiger partial charge >= 0.3 is 6.18 Å². The summed E-state index contributed by atoms with van der Waals surface area (Å²) in [5, 5.41) is 6.10. The maximum Gasteiger partial charge on any atom is 0.455 e. The minimum atomic E-state index is -5.24. The number of para-hydroxylation sites is 1. The topological polar surface area (TPSA) is 70.4 Å². The number of thiophene rings is 1. The van der Waals surface area contributed by atoms with Crippen LogP contribution in [0, 0.1) is 0 Å². The van der Waals surface area contributed by atoms with E-state index in [4.69, 9.17) is 9.47 Å². The van der Waals surface area contributed by atoms with Crippen molar-refractivity contribution in [3.05, 3.63) is 88.3 Å². The number of carbonyl (C=O) groups is 2. The van der Waals surface area contributed by atoms with E-state index >= 15 is 0 Å². The van der Waals surface area contributed by atoms with Crippen molar-refractivity contribution in [3.8, 4) is 28.4 Å². The first-order chi connectivity index (χ1) is 17.2. The lowest BCUT2D eigenvalue weighted by atomic mass is 9.99. The van der Waals surface area contributed by atoms with Gasteiger partial charge in [0, 0.05) is 17.3 Å². The Bertz CT molecular complexity index is 1430. The lowest BCUT2D eigenvalue weighted by Crippen LogP contribution is -2.28. The van der Waals surface area contributed by atoms with Crippen molar-refractivity contribution in [2.24, 2.45) is 0 Å². The highest BCUT2D eigenvalue weighted by molar-refractivity contribution is 7.12. The summed E-state index contributed by atoms with van der Waals surface area (Å²) in [6.45, 7) is 0. The Morgan fingerprint density at radius 1 is 0.972 bits per heavy atom. The van der Waals surface area contributed by atoms with Gasteiger partial charge in [0.2, 0.25) is 5.78 Å². The van der Waals surface area contributed by atoms with Crippen molar-refractivity contribution >= 4 is 29.0 Å². The second-order valence-corrected chi connectivity index (χ2v) is 8.42. The molecule has 184 valence electrons. The molecule has 10 heteroatoms. The van der Waals surface area contributed by atoms with E-state index in [1.54, 1.807) is 47.8 Å². The summed E-state index contributed by atoms with van der Waals surface area (Å²) in [5.41, 5.74) is 0.497. The second kappa shape index (κ2) is 10.2. The van der Waals surface area contributed by atoms with Crippen molar-refractivity contribution in [2.45, 2.75) is 6.18 Å². The Balaban J connectivity index is 1.94. The lowest BCUT2D eigenvalue weighted by Gasteiger charge is -2.10. The van der Waals surface area contributed by atoms with Crippen LogP contribution in [-0.4, -0.2) is 41.7 Å². The molecule has 0 saturated heterocycles. The van der Waals surface area contributed by atoms with Crippen LogP contribution >= 0.6 is 11.3 Å². The van der Waals surface area contributed by atoms with E-state index in [-0.39, 0.29) is 16.1 Å². The van der Waals surface area contributed by atoms with E-state index in [1.807, 2.05) is 6.07 Å². The van der Waals surface area contributed by atoms with Crippen LogP contribution < -0.4 is 9.47 Å². The molecular weight excluding hydrogens is 493 g/mol. The molecule has 0 fully saturated rings. The van der Waals surface area contributed by atoms with Gasteiger partial charge in [-0.05, 0) is 47.9 Å². The minimum Gasteiger partial charge on any atom is -0.493 e. The van der Waals surface area contributed by atoms with Gasteiger partial charge in [0.15, 0.2) is 11.5 Å². The molecule has 0 unspecified atom stereocenters. The van der Waals surface area contributed by atoms with E-state index in [0.29, 0.717) is 22.7 Å². The summed E-state index contributed by atoms with van der Waals surface area (Å²) in [4.78, 5) is 25.3. The molecule has 36 heavy (non-hydrogen) atoms. The zero-order valence-corrected chi connectivity index (χ0v) is 19.9. The normalized spacial score (nSPS) is 11.9. The average molecular weight is 513 g/mol. The Morgan fingerprint density at radius 2 is 1.69 bits per heavy atom. The molecule has 0 aliphatic rings. The van der Waals surface area contributed by atoms with Gasteiger partial charge in [-0.3, -0.25) is 9.59 Å².